The maximum Gasteiger partial charge on any atom is 0.339 e. The summed E-state index contributed by atoms with van der Waals surface area (Å²) in [4.78, 5) is 11.4. The summed E-state index contributed by atoms with van der Waals surface area (Å²) in [5, 5.41) is 13.7. The summed E-state index contributed by atoms with van der Waals surface area (Å²) in [6.45, 7) is 2.33. The summed E-state index contributed by atoms with van der Waals surface area (Å²) < 4.78 is 7.10. The summed E-state index contributed by atoms with van der Waals surface area (Å²) in [5.41, 5.74) is 1.55. The quantitative estimate of drug-likeness (QED) is 0.798. The third kappa shape index (κ3) is 2.72. The molecule has 3 rings (SSSR count). The minimum atomic E-state index is -1.02. The number of furan rings is 1. The second kappa shape index (κ2) is 5.28. The highest BCUT2D eigenvalue weighted by Gasteiger charge is 2.19. The number of rotatable bonds is 4. The van der Waals surface area contributed by atoms with Crippen molar-refractivity contribution in [3.8, 4) is 11.5 Å². The van der Waals surface area contributed by atoms with E-state index >= 15 is 0 Å². The number of nitrogens with zero attached hydrogens (tertiary/aromatic N) is 2. The van der Waals surface area contributed by atoms with Gasteiger partial charge in [-0.3, -0.25) is 4.68 Å². The summed E-state index contributed by atoms with van der Waals surface area (Å²) in [7, 11) is 0. The van der Waals surface area contributed by atoms with Crippen LogP contribution < -0.4 is 0 Å². The van der Waals surface area contributed by atoms with Gasteiger partial charge in [0.1, 0.15) is 17.0 Å². The summed E-state index contributed by atoms with van der Waals surface area (Å²) in [6.07, 6.45) is 1.53. The predicted molar refractivity (Wildman–Crippen MR) is 77.2 cm³/mol. The van der Waals surface area contributed by atoms with Gasteiger partial charge in [-0.1, -0.05) is 30.3 Å². The Morgan fingerprint density at radius 3 is 2.62 bits per heavy atom. The number of aromatic nitrogens is 2. The van der Waals surface area contributed by atoms with Gasteiger partial charge in [-0.25, -0.2) is 4.79 Å². The van der Waals surface area contributed by atoms with Crippen molar-refractivity contribution in [2.45, 2.75) is 13.5 Å². The first kappa shape index (κ1) is 13.2. The molecule has 106 valence electrons. The number of aryl methyl sites for hydroxylation is 1. The molecule has 2 aromatic heterocycles. The molecule has 0 aliphatic heterocycles. The Bertz CT molecular complexity index is 772. The van der Waals surface area contributed by atoms with Gasteiger partial charge < -0.3 is 9.52 Å². The van der Waals surface area contributed by atoms with E-state index in [0.29, 0.717) is 18.0 Å². The lowest BCUT2D eigenvalue weighted by Crippen LogP contribution is -2.00. The molecule has 0 saturated carbocycles. The maximum absolute atomic E-state index is 11.4. The van der Waals surface area contributed by atoms with Gasteiger partial charge in [0, 0.05) is 6.20 Å². The second-order valence-electron chi connectivity index (χ2n) is 4.79. The van der Waals surface area contributed by atoms with Gasteiger partial charge in [0.25, 0.3) is 0 Å². The van der Waals surface area contributed by atoms with Crippen LogP contribution >= 0.6 is 0 Å². The average Bonchev–Trinajstić information content (AvgIpc) is 3.06. The summed E-state index contributed by atoms with van der Waals surface area (Å²) in [6, 6.07) is 13.3. The largest absolute Gasteiger partial charge is 0.478 e. The molecular formula is C16H14N2O3. The van der Waals surface area contributed by atoms with Gasteiger partial charge >= 0.3 is 5.97 Å². The number of carbonyl (C=O) groups is 1. The van der Waals surface area contributed by atoms with Gasteiger partial charge in [0.05, 0.1) is 6.54 Å². The SMILES string of the molecule is Cc1ccc(-c2nn(Cc3ccccc3)cc2C(=O)O)o1. The zero-order valence-corrected chi connectivity index (χ0v) is 11.5. The van der Waals surface area contributed by atoms with Crippen LogP contribution in [0.5, 0.6) is 0 Å². The Morgan fingerprint density at radius 1 is 1.24 bits per heavy atom. The van der Waals surface area contributed by atoms with Crippen LogP contribution in [0.3, 0.4) is 0 Å². The summed E-state index contributed by atoms with van der Waals surface area (Å²) >= 11 is 0. The van der Waals surface area contributed by atoms with Crippen LogP contribution in [0, 0.1) is 6.92 Å². The first-order chi connectivity index (χ1) is 10.1. The molecule has 0 fully saturated rings. The van der Waals surface area contributed by atoms with E-state index in [-0.39, 0.29) is 5.56 Å². The van der Waals surface area contributed by atoms with Crippen LogP contribution in [-0.2, 0) is 6.54 Å². The van der Waals surface area contributed by atoms with Gasteiger partial charge in [-0.15, -0.1) is 0 Å². The molecule has 21 heavy (non-hydrogen) atoms. The lowest BCUT2D eigenvalue weighted by atomic mass is 10.2. The highest BCUT2D eigenvalue weighted by molar-refractivity contribution is 5.93. The third-order valence-corrected chi connectivity index (χ3v) is 3.15. The zero-order chi connectivity index (χ0) is 14.8. The molecular weight excluding hydrogens is 268 g/mol. The lowest BCUT2D eigenvalue weighted by molar-refractivity contribution is 0.0697. The van der Waals surface area contributed by atoms with Crippen LogP contribution in [0.4, 0.5) is 0 Å². The van der Waals surface area contributed by atoms with Crippen molar-refractivity contribution in [1.82, 2.24) is 9.78 Å². The molecule has 0 aliphatic carbocycles. The smallest absolute Gasteiger partial charge is 0.339 e. The Hall–Kier alpha value is -2.82. The van der Waals surface area contributed by atoms with Crippen molar-refractivity contribution in [2.75, 3.05) is 0 Å². The zero-order valence-electron chi connectivity index (χ0n) is 11.5. The van der Waals surface area contributed by atoms with E-state index in [2.05, 4.69) is 5.10 Å². The molecule has 0 amide bonds. The molecule has 5 heteroatoms. The second-order valence-corrected chi connectivity index (χ2v) is 4.79. The molecule has 5 nitrogen and oxygen atoms in total. The van der Waals surface area contributed by atoms with E-state index in [1.165, 1.54) is 6.20 Å². The van der Waals surface area contributed by atoms with E-state index in [1.807, 2.05) is 37.3 Å². The van der Waals surface area contributed by atoms with E-state index in [9.17, 15) is 9.90 Å². The van der Waals surface area contributed by atoms with Gasteiger partial charge in [-0.2, -0.15) is 5.10 Å². The third-order valence-electron chi connectivity index (χ3n) is 3.15. The van der Waals surface area contributed by atoms with Crippen molar-refractivity contribution >= 4 is 5.97 Å². The number of carboxylic acid groups (broad SMARTS) is 1. The van der Waals surface area contributed by atoms with Crippen molar-refractivity contribution in [2.24, 2.45) is 0 Å². The molecule has 0 aliphatic rings. The minimum absolute atomic E-state index is 0.139. The number of hydrogen-bond donors (Lipinski definition) is 1. The maximum atomic E-state index is 11.4. The van der Waals surface area contributed by atoms with Crippen LogP contribution in [0.15, 0.2) is 53.1 Å². The van der Waals surface area contributed by atoms with Crippen LogP contribution in [0.2, 0.25) is 0 Å². The highest BCUT2D eigenvalue weighted by atomic mass is 16.4. The van der Waals surface area contributed by atoms with Gasteiger partial charge in [0.15, 0.2) is 5.76 Å². The Labute approximate surface area is 121 Å². The fourth-order valence-electron chi connectivity index (χ4n) is 2.17. The van der Waals surface area contributed by atoms with Gasteiger partial charge in [-0.05, 0) is 24.6 Å². The monoisotopic (exact) mass is 282 g/mol. The van der Waals surface area contributed by atoms with Crippen molar-refractivity contribution in [3.63, 3.8) is 0 Å². The molecule has 0 saturated heterocycles. The topological polar surface area (TPSA) is 68.3 Å². The molecule has 1 N–H and O–H groups in total. The lowest BCUT2D eigenvalue weighted by Gasteiger charge is -2.00. The first-order valence-corrected chi connectivity index (χ1v) is 6.55. The van der Waals surface area contributed by atoms with E-state index in [1.54, 1.807) is 16.8 Å². The fourth-order valence-corrected chi connectivity index (χ4v) is 2.17. The van der Waals surface area contributed by atoms with Crippen LogP contribution in [0.25, 0.3) is 11.5 Å². The first-order valence-electron chi connectivity index (χ1n) is 6.55. The molecule has 0 radical (unpaired) electrons. The van der Waals surface area contributed by atoms with E-state index < -0.39 is 5.97 Å². The van der Waals surface area contributed by atoms with Crippen molar-refractivity contribution in [1.29, 1.82) is 0 Å². The average molecular weight is 282 g/mol. The molecule has 3 aromatic rings. The highest BCUT2D eigenvalue weighted by Crippen LogP contribution is 2.24. The van der Waals surface area contributed by atoms with Crippen LogP contribution in [-0.4, -0.2) is 20.9 Å². The number of carboxylic acids is 1. The normalized spacial score (nSPS) is 10.7. The Balaban J connectivity index is 1.99. The summed E-state index contributed by atoms with van der Waals surface area (Å²) in [5.74, 6) is 0.175. The molecule has 2 heterocycles. The molecule has 0 unspecified atom stereocenters. The number of hydrogen-bond acceptors (Lipinski definition) is 3. The molecule has 0 atom stereocenters. The molecule has 1 aromatic carbocycles. The minimum Gasteiger partial charge on any atom is -0.478 e. The van der Waals surface area contributed by atoms with Gasteiger partial charge in [0.2, 0.25) is 0 Å². The van der Waals surface area contributed by atoms with Crippen molar-refractivity contribution < 1.29 is 14.3 Å². The van der Waals surface area contributed by atoms with E-state index in [4.69, 9.17) is 4.42 Å². The molecule has 0 bridgehead atoms. The van der Waals surface area contributed by atoms with Crippen molar-refractivity contribution in [3.05, 3.63) is 65.5 Å². The fraction of sp³-hybridized carbons (Fsp3) is 0.125. The van der Waals surface area contributed by atoms with E-state index in [0.717, 1.165) is 11.3 Å². The predicted octanol–water partition coefficient (Wildman–Crippen LogP) is 3.20. The Morgan fingerprint density at radius 2 is 2.00 bits per heavy atom. The molecule has 0 spiro atoms. The van der Waals surface area contributed by atoms with Crippen LogP contribution in [0.1, 0.15) is 21.7 Å². The number of aromatic carboxylic acids is 1. The number of benzene rings is 1. The standard InChI is InChI=1S/C16H14N2O3/c1-11-7-8-14(21-11)15-13(16(19)20)10-18(17-15)9-12-5-3-2-4-6-12/h2-8,10H,9H2,1H3,(H,19,20). The Kier molecular flexibility index (Phi) is 3.31.